The average Bonchev–Trinajstić information content (AvgIpc) is 3.34. The Morgan fingerprint density at radius 1 is 1.06 bits per heavy atom. The molecular weight excluding hydrogens is 529 g/mol. The fourth-order valence-electron chi connectivity index (χ4n) is 4.68. The summed E-state index contributed by atoms with van der Waals surface area (Å²) < 4.78 is 6.18. The molecule has 1 N–H and O–H groups in total. The Labute approximate surface area is 215 Å². The van der Waals surface area contributed by atoms with Crippen molar-refractivity contribution in [2.75, 3.05) is 45.8 Å². The van der Waals surface area contributed by atoms with E-state index in [0.717, 1.165) is 88.8 Å². The molecule has 0 bridgehead atoms. The average molecular weight is 570 g/mol. The smallest absolute Gasteiger partial charge is 0.239 e. The molecule has 7 nitrogen and oxygen atoms in total. The molecule has 1 unspecified atom stereocenters. The van der Waals surface area contributed by atoms with Gasteiger partial charge in [-0.3, -0.25) is 9.69 Å². The second-order valence-electron chi connectivity index (χ2n) is 9.18. The van der Waals surface area contributed by atoms with Crippen LogP contribution in [0.3, 0.4) is 0 Å². The van der Waals surface area contributed by atoms with Crippen molar-refractivity contribution in [3.05, 3.63) is 29.8 Å². The maximum absolute atomic E-state index is 12.8. The molecule has 0 radical (unpaired) electrons. The topological polar surface area (TPSA) is 60.4 Å². The molecule has 2 saturated heterocycles. The van der Waals surface area contributed by atoms with E-state index in [4.69, 9.17) is 9.73 Å². The normalized spacial score (nSPS) is 20.7. The third-order valence-electron chi connectivity index (χ3n) is 6.99. The zero-order chi connectivity index (χ0) is 22.3. The first-order valence-corrected chi connectivity index (χ1v) is 12.5. The van der Waals surface area contributed by atoms with Gasteiger partial charge in [0.25, 0.3) is 0 Å². The second kappa shape index (κ2) is 12.8. The molecule has 2 aliphatic heterocycles. The van der Waals surface area contributed by atoms with E-state index in [9.17, 15) is 4.79 Å². The van der Waals surface area contributed by atoms with E-state index in [0.29, 0.717) is 18.6 Å². The standard InChI is InChI=1S/C25H39N5O2.HI/c1-3-26-25(27-19-21-9-4-5-12-23(21)32-22-10-8-11-22)30-17-15-28(16-18-30)20(2)24(31)29-13-6-7-14-29;/h4-5,9,12,20,22H,3,6-8,10-11,13-19H2,1-2H3,(H,26,27);1H. The number of halogens is 1. The first-order valence-electron chi connectivity index (χ1n) is 12.5. The van der Waals surface area contributed by atoms with Crippen LogP contribution in [-0.2, 0) is 11.3 Å². The number of benzene rings is 1. The van der Waals surface area contributed by atoms with Crippen LogP contribution in [0.5, 0.6) is 5.75 Å². The zero-order valence-corrected chi connectivity index (χ0v) is 22.5. The number of likely N-dealkylation sites (tertiary alicyclic amines) is 1. The monoisotopic (exact) mass is 569 g/mol. The third-order valence-corrected chi connectivity index (χ3v) is 6.99. The number of carbonyl (C=O) groups is 1. The molecule has 33 heavy (non-hydrogen) atoms. The van der Waals surface area contributed by atoms with Crippen LogP contribution in [-0.4, -0.2) is 84.5 Å². The van der Waals surface area contributed by atoms with Crippen molar-refractivity contribution in [1.29, 1.82) is 0 Å². The highest BCUT2D eigenvalue weighted by atomic mass is 127. The van der Waals surface area contributed by atoms with Crippen molar-refractivity contribution in [2.24, 2.45) is 4.99 Å². The highest BCUT2D eigenvalue weighted by Gasteiger charge is 2.30. The van der Waals surface area contributed by atoms with Gasteiger partial charge in [0.2, 0.25) is 5.91 Å². The van der Waals surface area contributed by atoms with Crippen LogP contribution in [0, 0.1) is 0 Å². The number of guanidine groups is 1. The molecule has 1 aromatic rings. The maximum Gasteiger partial charge on any atom is 0.239 e. The minimum absolute atomic E-state index is 0. The number of amides is 1. The largest absolute Gasteiger partial charge is 0.490 e. The number of nitrogens with one attached hydrogen (secondary N) is 1. The lowest BCUT2D eigenvalue weighted by molar-refractivity contribution is -0.135. The number of nitrogens with zero attached hydrogens (tertiary/aromatic N) is 4. The molecule has 4 rings (SSSR count). The molecule has 1 aromatic carbocycles. The highest BCUT2D eigenvalue weighted by Crippen LogP contribution is 2.28. The summed E-state index contributed by atoms with van der Waals surface area (Å²) in [6.07, 6.45) is 6.23. The molecule has 1 amide bonds. The zero-order valence-electron chi connectivity index (χ0n) is 20.2. The van der Waals surface area contributed by atoms with Gasteiger partial charge < -0.3 is 19.9 Å². The van der Waals surface area contributed by atoms with Crippen molar-refractivity contribution in [1.82, 2.24) is 20.0 Å². The molecule has 3 aliphatic rings. The van der Waals surface area contributed by atoms with E-state index < -0.39 is 0 Å². The lowest BCUT2D eigenvalue weighted by Gasteiger charge is -2.39. The summed E-state index contributed by atoms with van der Waals surface area (Å²) in [5, 5.41) is 3.46. The van der Waals surface area contributed by atoms with Gasteiger partial charge in [-0.2, -0.15) is 0 Å². The first kappa shape index (κ1) is 26.1. The van der Waals surface area contributed by atoms with Gasteiger partial charge in [0.1, 0.15) is 5.75 Å². The number of rotatable bonds is 7. The van der Waals surface area contributed by atoms with Gasteiger partial charge in [0, 0.05) is 51.4 Å². The van der Waals surface area contributed by atoms with Crippen LogP contribution in [0.2, 0.25) is 0 Å². The van der Waals surface area contributed by atoms with E-state index in [2.05, 4.69) is 47.2 Å². The van der Waals surface area contributed by atoms with Crippen molar-refractivity contribution in [3.8, 4) is 5.75 Å². The quantitative estimate of drug-likeness (QED) is 0.310. The van der Waals surface area contributed by atoms with E-state index >= 15 is 0 Å². The van der Waals surface area contributed by atoms with Gasteiger partial charge in [0.15, 0.2) is 5.96 Å². The van der Waals surface area contributed by atoms with Gasteiger partial charge in [-0.05, 0) is 52.0 Å². The van der Waals surface area contributed by atoms with Gasteiger partial charge >= 0.3 is 0 Å². The Morgan fingerprint density at radius 2 is 1.76 bits per heavy atom. The highest BCUT2D eigenvalue weighted by molar-refractivity contribution is 14.0. The lowest BCUT2D eigenvalue weighted by Crippen LogP contribution is -2.57. The third kappa shape index (κ3) is 6.74. The fourth-order valence-corrected chi connectivity index (χ4v) is 4.68. The molecular formula is C25H40IN5O2. The van der Waals surface area contributed by atoms with Gasteiger partial charge in [-0.1, -0.05) is 18.2 Å². The first-order chi connectivity index (χ1) is 15.7. The number of carbonyl (C=O) groups excluding carboxylic acids is 1. The second-order valence-corrected chi connectivity index (χ2v) is 9.18. The maximum atomic E-state index is 12.8. The molecule has 0 spiro atoms. The molecule has 3 fully saturated rings. The lowest BCUT2D eigenvalue weighted by atomic mass is 9.96. The molecule has 1 atom stereocenters. The van der Waals surface area contributed by atoms with E-state index in [1.807, 2.05) is 11.0 Å². The van der Waals surface area contributed by atoms with E-state index in [1.54, 1.807) is 0 Å². The minimum Gasteiger partial charge on any atom is -0.490 e. The summed E-state index contributed by atoms with van der Waals surface area (Å²) in [6, 6.07) is 8.24. The number of ether oxygens (including phenoxy) is 1. The molecule has 0 aromatic heterocycles. The van der Waals surface area contributed by atoms with Crippen LogP contribution >= 0.6 is 24.0 Å². The Kier molecular flexibility index (Phi) is 10.1. The van der Waals surface area contributed by atoms with Crippen LogP contribution in [0.15, 0.2) is 29.3 Å². The minimum atomic E-state index is -0.0368. The SMILES string of the molecule is CCNC(=NCc1ccccc1OC1CCC1)N1CCN(C(C)C(=O)N2CCCC2)CC1.I. The summed E-state index contributed by atoms with van der Waals surface area (Å²) in [6.45, 7) is 11.0. The number of aliphatic imine (C=N–C) groups is 1. The van der Waals surface area contributed by atoms with E-state index in [-0.39, 0.29) is 30.0 Å². The Balaban J connectivity index is 0.00000306. The number of hydrogen-bond donors (Lipinski definition) is 1. The summed E-state index contributed by atoms with van der Waals surface area (Å²) in [4.78, 5) is 24.4. The number of hydrogen-bond acceptors (Lipinski definition) is 4. The Bertz CT molecular complexity index is 787. The van der Waals surface area contributed by atoms with Crippen LogP contribution in [0.1, 0.15) is 51.5 Å². The molecule has 1 saturated carbocycles. The van der Waals surface area contributed by atoms with Crippen LogP contribution in [0.25, 0.3) is 0 Å². The molecule has 8 heteroatoms. The number of para-hydroxylation sites is 1. The summed E-state index contributed by atoms with van der Waals surface area (Å²) >= 11 is 0. The van der Waals surface area contributed by atoms with Crippen molar-refractivity contribution < 1.29 is 9.53 Å². The fraction of sp³-hybridized carbons (Fsp3) is 0.680. The predicted molar refractivity (Wildman–Crippen MR) is 143 cm³/mol. The molecule has 2 heterocycles. The Morgan fingerprint density at radius 3 is 2.39 bits per heavy atom. The van der Waals surface area contributed by atoms with Gasteiger partial charge in [-0.15, -0.1) is 24.0 Å². The van der Waals surface area contributed by atoms with Gasteiger partial charge in [-0.25, -0.2) is 4.99 Å². The molecule has 1 aliphatic carbocycles. The molecule has 184 valence electrons. The summed E-state index contributed by atoms with van der Waals surface area (Å²) in [5.41, 5.74) is 1.14. The van der Waals surface area contributed by atoms with Crippen LogP contribution < -0.4 is 10.1 Å². The summed E-state index contributed by atoms with van der Waals surface area (Å²) in [5.74, 6) is 2.21. The number of piperazine rings is 1. The Hall–Kier alpha value is -1.55. The van der Waals surface area contributed by atoms with E-state index in [1.165, 1.54) is 6.42 Å². The van der Waals surface area contributed by atoms with Crippen molar-refractivity contribution >= 4 is 35.8 Å². The summed E-state index contributed by atoms with van der Waals surface area (Å²) in [7, 11) is 0. The van der Waals surface area contributed by atoms with Crippen molar-refractivity contribution in [3.63, 3.8) is 0 Å². The van der Waals surface area contributed by atoms with Crippen molar-refractivity contribution in [2.45, 2.75) is 64.6 Å². The predicted octanol–water partition coefficient (Wildman–Crippen LogP) is 3.33. The van der Waals surface area contributed by atoms with Gasteiger partial charge in [0.05, 0.1) is 18.7 Å². The van der Waals surface area contributed by atoms with Crippen LogP contribution in [0.4, 0.5) is 0 Å².